The summed E-state index contributed by atoms with van der Waals surface area (Å²) in [4.78, 5) is 0. The van der Waals surface area contributed by atoms with Crippen LogP contribution in [0.1, 0.15) is 22.3 Å². The van der Waals surface area contributed by atoms with Crippen LogP contribution in [-0.4, -0.2) is 0 Å². The molecule has 0 heterocycles. The number of hydrogen-bond acceptors (Lipinski definition) is 2. The summed E-state index contributed by atoms with van der Waals surface area (Å²) in [5.41, 5.74) is 4.27. The molecule has 2 rings (SSSR count). The largest absolute Gasteiger partial charge is 0.198 e. The van der Waals surface area contributed by atoms with Crippen LogP contribution in [-0.2, 0) is 12.8 Å². The summed E-state index contributed by atoms with van der Waals surface area (Å²) in [6, 6.07) is 20.2. The summed E-state index contributed by atoms with van der Waals surface area (Å²) < 4.78 is 0. The van der Waals surface area contributed by atoms with Crippen molar-refractivity contribution < 1.29 is 0 Å². The van der Waals surface area contributed by atoms with Crippen molar-refractivity contribution in [3.63, 3.8) is 0 Å². The molecule has 0 spiro atoms. The van der Waals surface area contributed by atoms with E-state index in [4.69, 9.17) is 10.5 Å². The maximum absolute atomic E-state index is 8.62. The molecule has 0 aromatic heterocycles. The molecule has 0 radical (unpaired) electrons. The Balaban J connectivity index is 2.05. The highest BCUT2D eigenvalue weighted by Crippen LogP contribution is 2.11. The van der Waals surface area contributed by atoms with Crippen molar-refractivity contribution in [1.29, 1.82) is 10.5 Å². The van der Waals surface area contributed by atoms with Gasteiger partial charge in [-0.05, 0) is 22.3 Å². The Hall–Kier alpha value is -2.84. The smallest absolute Gasteiger partial charge is 0.0669 e. The first-order valence-electron chi connectivity index (χ1n) is 6.41. The minimum atomic E-state index is 0.449. The van der Waals surface area contributed by atoms with E-state index >= 15 is 0 Å². The molecule has 0 bridgehead atoms. The van der Waals surface area contributed by atoms with Crippen molar-refractivity contribution in [2.24, 2.45) is 0 Å². The van der Waals surface area contributed by atoms with E-state index in [9.17, 15) is 0 Å². The zero-order valence-electron chi connectivity index (χ0n) is 11.1. The molecule has 0 N–H and O–H groups in total. The highest BCUT2D eigenvalue weighted by atomic mass is 14.2. The number of nitriles is 2. The van der Waals surface area contributed by atoms with Gasteiger partial charge in [0.15, 0.2) is 0 Å². The van der Waals surface area contributed by atoms with E-state index in [1.807, 2.05) is 60.7 Å². The van der Waals surface area contributed by atoms with Crippen molar-refractivity contribution >= 4 is 12.2 Å². The van der Waals surface area contributed by atoms with Gasteiger partial charge in [0.2, 0.25) is 0 Å². The lowest BCUT2D eigenvalue weighted by atomic mass is 10.1. The second-order valence-electron chi connectivity index (χ2n) is 4.49. The van der Waals surface area contributed by atoms with Gasteiger partial charge in [-0.1, -0.05) is 60.7 Å². The average molecular weight is 258 g/mol. The molecule has 2 heteroatoms. The lowest BCUT2D eigenvalue weighted by Crippen LogP contribution is -1.82. The second kappa shape index (κ2) is 6.92. The fourth-order valence-electron chi connectivity index (χ4n) is 1.87. The van der Waals surface area contributed by atoms with Gasteiger partial charge in [0.25, 0.3) is 0 Å². The lowest BCUT2D eigenvalue weighted by molar-refractivity contribution is 1.26. The number of benzene rings is 2. The highest BCUT2D eigenvalue weighted by Gasteiger charge is 1.93. The maximum atomic E-state index is 8.62. The Labute approximate surface area is 119 Å². The molecule has 0 aliphatic carbocycles. The summed E-state index contributed by atoms with van der Waals surface area (Å²) in [6.45, 7) is 0. The molecule has 0 atom stereocenters. The molecule has 96 valence electrons. The molecule has 0 saturated carbocycles. The van der Waals surface area contributed by atoms with Crippen molar-refractivity contribution in [2.75, 3.05) is 0 Å². The molecule has 0 unspecified atom stereocenters. The van der Waals surface area contributed by atoms with Gasteiger partial charge in [0.1, 0.15) is 0 Å². The first-order valence-corrected chi connectivity index (χ1v) is 6.41. The van der Waals surface area contributed by atoms with E-state index in [0.29, 0.717) is 12.8 Å². The van der Waals surface area contributed by atoms with Crippen molar-refractivity contribution in [1.82, 2.24) is 0 Å². The third-order valence-corrected chi connectivity index (χ3v) is 2.99. The Morgan fingerprint density at radius 2 is 1.00 bits per heavy atom. The molecule has 2 aromatic rings. The Morgan fingerprint density at radius 3 is 1.30 bits per heavy atom. The van der Waals surface area contributed by atoms with Crippen molar-refractivity contribution in [3.05, 3.63) is 70.8 Å². The normalized spacial score (nSPS) is 10.1. The van der Waals surface area contributed by atoms with E-state index in [0.717, 1.165) is 22.3 Å². The zero-order chi connectivity index (χ0) is 14.2. The Morgan fingerprint density at radius 1 is 0.650 bits per heavy atom. The molecule has 0 saturated heterocycles. The van der Waals surface area contributed by atoms with E-state index in [1.165, 1.54) is 0 Å². The fourth-order valence-corrected chi connectivity index (χ4v) is 1.87. The van der Waals surface area contributed by atoms with E-state index < -0.39 is 0 Å². The van der Waals surface area contributed by atoms with Gasteiger partial charge in [-0.25, -0.2) is 0 Å². The predicted molar refractivity (Wildman–Crippen MR) is 80.4 cm³/mol. The van der Waals surface area contributed by atoms with Crippen LogP contribution in [0.3, 0.4) is 0 Å². The van der Waals surface area contributed by atoms with E-state index in [-0.39, 0.29) is 0 Å². The molecule has 2 aromatic carbocycles. The first-order chi connectivity index (χ1) is 9.81. The first kappa shape index (κ1) is 13.6. The van der Waals surface area contributed by atoms with Crippen LogP contribution in [0.4, 0.5) is 0 Å². The monoisotopic (exact) mass is 258 g/mol. The van der Waals surface area contributed by atoms with Crippen LogP contribution >= 0.6 is 0 Å². The standard InChI is InChI=1S/C18H14N2/c19-13-11-17-7-3-15(4-8-17)1-2-16-5-9-18(10-6-16)12-14-20/h1-10H,11-12H2/b2-1+. The minimum Gasteiger partial charge on any atom is -0.198 e. The quantitative estimate of drug-likeness (QED) is 0.778. The number of rotatable bonds is 4. The number of hydrogen-bond donors (Lipinski definition) is 0. The fraction of sp³-hybridized carbons (Fsp3) is 0.111. The molecule has 0 aliphatic rings. The molecule has 2 nitrogen and oxygen atoms in total. The molecule has 20 heavy (non-hydrogen) atoms. The van der Waals surface area contributed by atoms with Crippen LogP contribution in [0.2, 0.25) is 0 Å². The summed E-state index contributed by atoms with van der Waals surface area (Å²) in [5.74, 6) is 0. The molecule has 0 aliphatic heterocycles. The molecule has 0 fully saturated rings. The van der Waals surface area contributed by atoms with Crippen LogP contribution < -0.4 is 0 Å². The molecular weight excluding hydrogens is 244 g/mol. The van der Waals surface area contributed by atoms with Gasteiger partial charge in [-0.15, -0.1) is 0 Å². The number of nitrogens with zero attached hydrogens (tertiary/aromatic N) is 2. The van der Waals surface area contributed by atoms with Crippen LogP contribution in [0, 0.1) is 22.7 Å². The summed E-state index contributed by atoms with van der Waals surface area (Å²) in [7, 11) is 0. The molecular formula is C18H14N2. The van der Waals surface area contributed by atoms with Gasteiger partial charge in [0.05, 0.1) is 25.0 Å². The van der Waals surface area contributed by atoms with E-state index in [1.54, 1.807) is 0 Å². The van der Waals surface area contributed by atoms with E-state index in [2.05, 4.69) is 12.1 Å². The third-order valence-electron chi connectivity index (χ3n) is 2.99. The van der Waals surface area contributed by atoms with Crippen molar-refractivity contribution in [3.8, 4) is 12.1 Å². The molecule has 0 amide bonds. The summed E-state index contributed by atoms with van der Waals surface area (Å²) >= 11 is 0. The van der Waals surface area contributed by atoms with Crippen LogP contribution in [0.5, 0.6) is 0 Å². The summed E-state index contributed by atoms with van der Waals surface area (Å²) in [5, 5.41) is 17.2. The van der Waals surface area contributed by atoms with Gasteiger partial charge in [0, 0.05) is 0 Å². The van der Waals surface area contributed by atoms with Gasteiger partial charge < -0.3 is 0 Å². The highest BCUT2D eigenvalue weighted by molar-refractivity contribution is 5.69. The maximum Gasteiger partial charge on any atom is 0.0669 e. The van der Waals surface area contributed by atoms with Crippen molar-refractivity contribution in [2.45, 2.75) is 12.8 Å². The Bertz CT molecular complexity index is 604. The third kappa shape index (κ3) is 3.83. The Kier molecular flexibility index (Phi) is 4.70. The van der Waals surface area contributed by atoms with Gasteiger partial charge in [-0.3, -0.25) is 0 Å². The van der Waals surface area contributed by atoms with Crippen LogP contribution in [0.15, 0.2) is 48.5 Å². The van der Waals surface area contributed by atoms with Crippen LogP contribution in [0.25, 0.3) is 12.2 Å². The summed E-state index contributed by atoms with van der Waals surface area (Å²) in [6.07, 6.45) is 4.97. The average Bonchev–Trinajstić information content (AvgIpc) is 2.49. The minimum absolute atomic E-state index is 0.449. The lowest BCUT2D eigenvalue weighted by Gasteiger charge is -1.98. The van der Waals surface area contributed by atoms with Gasteiger partial charge >= 0.3 is 0 Å². The SMILES string of the molecule is N#CCc1ccc(/C=C/c2ccc(CC#N)cc2)cc1. The van der Waals surface area contributed by atoms with Gasteiger partial charge in [-0.2, -0.15) is 10.5 Å². The topological polar surface area (TPSA) is 47.6 Å². The predicted octanol–water partition coefficient (Wildman–Crippen LogP) is 3.99. The zero-order valence-corrected chi connectivity index (χ0v) is 11.1. The second-order valence-corrected chi connectivity index (χ2v) is 4.49.